The third-order valence-electron chi connectivity index (χ3n) is 5.26. The maximum Gasteiger partial charge on any atom is 0.335 e. The van der Waals surface area contributed by atoms with Crippen molar-refractivity contribution < 1.29 is 14.6 Å². The van der Waals surface area contributed by atoms with Crippen molar-refractivity contribution in [2.24, 2.45) is 0 Å². The summed E-state index contributed by atoms with van der Waals surface area (Å²) in [6, 6.07) is 13.8. The molecule has 7 nitrogen and oxygen atoms in total. The number of carboxylic acid groups (broad SMARTS) is 1. The number of hydrogen-bond acceptors (Lipinski definition) is 4. The Balaban J connectivity index is 1.67. The van der Waals surface area contributed by atoms with Crippen LogP contribution in [0.3, 0.4) is 0 Å². The number of para-hydroxylation sites is 1. The number of aromatic nitrogens is 3. The van der Waals surface area contributed by atoms with Crippen molar-refractivity contribution in [2.75, 3.05) is 6.61 Å². The van der Waals surface area contributed by atoms with Gasteiger partial charge < -0.3 is 9.84 Å². The molecule has 5 rings (SSSR count). The van der Waals surface area contributed by atoms with Gasteiger partial charge in [0.2, 0.25) is 0 Å². The maximum absolute atomic E-state index is 12.7. The summed E-state index contributed by atoms with van der Waals surface area (Å²) in [5, 5.41) is 12.2. The fourth-order valence-electron chi connectivity index (χ4n) is 3.76. The summed E-state index contributed by atoms with van der Waals surface area (Å²) < 4.78 is 7.24. The second-order valence-electron chi connectivity index (χ2n) is 7.03. The van der Waals surface area contributed by atoms with Crippen LogP contribution in [0.5, 0.6) is 5.75 Å². The van der Waals surface area contributed by atoms with Gasteiger partial charge in [0.1, 0.15) is 5.75 Å². The highest BCUT2D eigenvalue weighted by molar-refractivity contribution is 5.88. The van der Waals surface area contributed by atoms with Crippen LogP contribution in [0.4, 0.5) is 0 Å². The third kappa shape index (κ3) is 2.70. The van der Waals surface area contributed by atoms with Gasteiger partial charge in [-0.3, -0.25) is 9.89 Å². The average Bonchev–Trinajstić information content (AvgIpc) is 3.33. The fraction of sp³-hybridized carbons (Fsp3) is 0.136. The molecule has 2 N–H and O–H groups in total. The molecule has 3 heterocycles. The zero-order valence-corrected chi connectivity index (χ0v) is 15.6. The minimum atomic E-state index is -0.997. The van der Waals surface area contributed by atoms with E-state index in [0.717, 1.165) is 34.6 Å². The molecular weight excluding hydrogens is 370 g/mol. The van der Waals surface area contributed by atoms with E-state index in [9.17, 15) is 9.59 Å². The van der Waals surface area contributed by atoms with Crippen LogP contribution in [-0.4, -0.2) is 32.3 Å². The lowest BCUT2D eigenvalue weighted by molar-refractivity contribution is 0.0697. The van der Waals surface area contributed by atoms with Gasteiger partial charge in [0.05, 0.1) is 23.6 Å². The first-order chi connectivity index (χ1) is 14.0. The number of rotatable bonds is 3. The lowest BCUT2D eigenvalue weighted by Crippen LogP contribution is -2.14. The minimum Gasteiger partial charge on any atom is -0.492 e. The smallest absolute Gasteiger partial charge is 0.335 e. The van der Waals surface area contributed by atoms with Crippen molar-refractivity contribution >= 4 is 11.6 Å². The number of fused-ring (bicyclic) bond motifs is 2. The molecule has 1 aliphatic rings. The van der Waals surface area contributed by atoms with Gasteiger partial charge in [0, 0.05) is 29.2 Å². The summed E-state index contributed by atoms with van der Waals surface area (Å²) in [7, 11) is 0. The number of nitrogens with zero attached hydrogens (tertiary/aromatic N) is 2. The normalized spacial score (nSPS) is 12.7. The van der Waals surface area contributed by atoms with Gasteiger partial charge in [0.25, 0.3) is 5.56 Å². The Kier molecular flexibility index (Phi) is 3.77. The van der Waals surface area contributed by atoms with Gasteiger partial charge in [-0.25, -0.2) is 14.3 Å². The zero-order chi connectivity index (χ0) is 20.1. The van der Waals surface area contributed by atoms with E-state index >= 15 is 0 Å². The Morgan fingerprint density at radius 3 is 2.76 bits per heavy atom. The first-order valence-corrected chi connectivity index (χ1v) is 9.24. The molecule has 2 aromatic heterocycles. The van der Waals surface area contributed by atoms with Crippen molar-refractivity contribution in [1.29, 1.82) is 0 Å². The Labute approximate surface area is 165 Å². The number of nitrogens with one attached hydrogen (secondary N) is 1. The summed E-state index contributed by atoms with van der Waals surface area (Å²) in [6.07, 6.45) is 0.872. The SMILES string of the molecule is Cc1c(-c2cccc3c2OCC3)[nH]n2c(=O)cc(-c3ccc(C(=O)O)cc3)nc12. The Morgan fingerprint density at radius 1 is 1.21 bits per heavy atom. The Hall–Kier alpha value is -3.87. The van der Waals surface area contributed by atoms with Crippen molar-refractivity contribution in [3.8, 4) is 28.3 Å². The molecule has 1 aliphatic heterocycles. The Bertz CT molecular complexity index is 1330. The van der Waals surface area contributed by atoms with E-state index < -0.39 is 5.97 Å². The number of carbonyl (C=O) groups is 1. The first-order valence-electron chi connectivity index (χ1n) is 9.24. The van der Waals surface area contributed by atoms with Crippen LogP contribution in [0.2, 0.25) is 0 Å². The number of carboxylic acids is 1. The topological polar surface area (TPSA) is 96.7 Å². The van der Waals surface area contributed by atoms with E-state index in [0.29, 0.717) is 23.5 Å². The molecule has 0 amide bonds. The molecule has 0 unspecified atom stereocenters. The van der Waals surface area contributed by atoms with Gasteiger partial charge in [-0.1, -0.05) is 24.3 Å². The minimum absolute atomic E-state index is 0.185. The van der Waals surface area contributed by atoms with E-state index in [1.165, 1.54) is 22.7 Å². The summed E-state index contributed by atoms with van der Waals surface area (Å²) >= 11 is 0. The van der Waals surface area contributed by atoms with Crippen molar-refractivity contribution in [2.45, 2.75) is 13.3 Å². The predicted molar refractivity (Wildman–Crippen MR) is 108 cm³/mol. The molecule has 0 bridgehead atoms. The summed E-state index contributed by atoms with van der Waals surface area (Å²) in [5.74, 6) is -0.150. The molecule has 0 saturated carbocycles. The van der Waals surface area contributed by atoms with Gasteiger partial charge in [-0.05, 0) is 30.7 Å². The highest BCUT2D eigenvalue weighted by Crippen LogP contribution is 2.38. The molecule has 144 valence electrons. The molecule has 29 heavy (non-hydrogen) atoms. The van der Waals surface area contributed by atoms with Crippen molar-refractivity contribution in [3.05, 3.63) is 75.6 Å². The highest BCUT2D eigenvalue weighted by Gasteiger charge is 2.21. The molecule has 4 aromatic rings. The number of aromatic carboxylic acids is 1. The summed E-state index contributed by atoms with van der Waals surface area (Å²) in [4.78, 5) is 28.5. The molecule has 0 fully saturated rings. The largest absolute Gasteiger partial charge is 0.492 e. The number of H-pyrrole nitrogens is 1. The standard InChI is InChI=1S/C22H17N3O4/c1-12-19(16-4-2-3-14-9-10-29-20(14)16)24-25-18(26)11-17(23-21(12)25)13-5-7-15(8-6-13)22(27)28/h2-8,11,24H,9-10H2,1H3,(H,27,28). The average molecular weight is 387 g/mol. The lowest BCUT2D eigenvalue weighted by Gasteiger charge is -2.06. The summed E-state index contributed by atoms with van der Waals surface area (Å²) in [6.45, 7) is 2.57. The van der Waals surface area contributed by atoms with Crippen molar-refractivity contribution in [1.82, 2.24) is 14.6 Å². The quantitative estimate of drug-likeness (QED) is 0.562. The van der Waals surface area contributed by atoms with Crippen LogP contribution in [0.1, 0.15) is 21.5 Å². The van der Waals surface area contributed by atoms with E-state index in [2.05, 4.69) is 10.1 Å². The molecule has 0 spiro atoms. The second kappa shape index (κ2) is 6.34. The van der Waals surface area contributed by atoms with Crippen LogP contribution in [0, 0.1) is 6.92 Å². The lowest BCUT2D eigenvalue weighted by atomic mass is 10.0. The van der Waals surface area contributed by atoms with Gasteiger partial charge in [-0.15, -0.1) is 0 Å². The number of aromatic amines is 1. The highest BCUT2D eigenvalue weighted by atomic mass is 16.5. The molecule has 0 atom stereocenters. The zero-order valence-electron chi connectivity index (χ0n) is 15.6. The molecule has 0 saturated heterocycles. The molecule has 7 heteroatoms. The monoisotopic (exact) mass is 387 g/mol. The van der Waals surface area contributed by atoms with Gasteiger partial charge >= 0.3 is 5.97 Å². The molecule has 2 aromatic carbocycles. The number of aryl methyl sites for hydroxylation is 1. The number of hydrogen-bond donors (Lipinski definition) is 2. The van der Waals surface area contributed by atoms with E-state index in [4.69, 9.17) is 9.84 Å². The maximum atomic E-state index is 12.7. The van der Waals surface area contributed by atoms with E-state index in [-0.39, 0.29) is 11.1 Å². The van der Waals surface area contributed by atoms with Gasteiger partial charge in [0.15, 0.2) is 5.65 Å². The van der Waals surface area contributed by atoms with Crippen LogP contribution in [-0.2, 0) is 6.42 Å². The van der Waals surface area contributed by atoms with Crippen LogP contribution in [0.15, 0.2) is 53.3 Å². The second-order valence-corrected chi connectivity index (χ2v) is 7.03. The molecule has 0 radical (unpaired) electrons. The molecular formula is C22H17N3O4. The van der Waals surface area contributed by atoms with E-state index in [1.807, 2.05) is 25.1 Å². The van der Waals surface area contributed by atoms with Crippen LogP contribution < -0.4 is 10.3 Å². The van der Waals surface area contributed by atoms with Crippen LogP contribution in [0.25, 0.3) is 28.2 Å². The number of ether oxygens (including phenoxy) is 1. The Morgan fingerprint density at radius 2 is 2.00 bits per heavy atom. The van der Waals surface area contributed by atoms with Crippen LogP contribution >= 0.6 is 0 Å². The van der Waals surface area contributed by atoms with Crippen molar-refractivity contribution in [3.63, 3.8) is 0 Å². The number of benzene rings is 2. The molecule has 0 aliphatic carbocycles. The van der Waals surface area contributed by atoms with Gasteiger partial charge in [-0.2, -0.15) is 0 Å². The first kappa shape index (κ1) is 17.2. The predicted octanol–water partition coefficient (Wildman–Crippen LogP) is 3.30. The summed E-state index contributed by atoms with van der Waals surface area (Å²) in [5.41, 5.74) is 5.35. The third-order valence-corrected chi connectivity index (χ3v) is 5.26. The fourth-order valence-corrected chi connectivity index (χ4v) is 3.76. The van der Waals surface area contributed by atoms with E-state index in [1.54, 1.807) is 12.1 Å².